The Labute approximate surface area is 103 Å². The quantitative estimate of drug-likeness (QED) is 0.467. The second-order valence-electron chi connectivity index (χ2n) is 3.52. The first-order chi connectivity index (χ1) is 8.65. The molecule has 1 heterocycles. The number of aryl methyl sites for hydroxylation is 1. The number of hydrogen-bond acceptors (Lipinski definition) is 5. The van der Waals surface area contributed by atoms with E-state index in [0.29, 0.717) is 11.8 Å². The summed E-state index contributed by atoms with van der Waals surface area (Å²) in [7, 11) is 0. The molecule has 7 heteroatoms. The van der Waals surface area contributed by atoms with Crippen LogP contribution in [0, 0.1) is 6.92 Å². The molecule has 0 unspecified atom stereocenters. The summed E-state index contributed by atoms with van der Waals surface area (Å²) in [5.41, 5.74) is 12.0. The Bertz CT molecular complexity index is 580. The van der Waals surface area contributed by atoms with E-state index in [1.165, 1.54) is 0 Å². The molecule has 1 aromatic heterocycles. The van der Waals surface area contributed by atoms with Crippen molar-refractivity contribution in [3.63, 3.8) is 0 Å². The van der Waals surface area contributed by atoms with Crippen molar-refractivity contribution in [3.8, 4) is 11.5 Å². The van der Waals surface area contributed by atoms with E-state index in [2.05, 4.69) is 20.4 Å². The van der Waals surface area contributed by atoms with Crippen LogP contribution in [0.4, 0.5) is 0 Å². The Kier molecular flexibility index (Phi) is 3.33. The average molecular weight is 244 g/mol. The summed E-state index contributed by atoms with van der Waals surface area (Å²) in [6.45, 7) is 1.74. The molecule has 2 rings (SSSR count). The van der Waals surface area contributed by atoms with Crippen molar-refractivity contribution in [1.82, 2.24) is 10.2 Å². The minimum atomic E-state index is -0.0794. The fourth-order valence-corrected chi connectivity index (χ4v) is 1.29. The molecule has 0 aliphatic rings. The van der Waals surface area contributed by atoms with Gasteiger partial charge in [-0.2, -0.15) is 5.10 Å². The molecule has 0 spiro atoms. The second kappa shape index (κ2) is 5.09. The molecule has 7 nitrogen and oxygen atoms in total. The molecule has 0 radical (unpaired) electrons. The van der Waals surface area contributed by atoms with Crippen molar-refractivity contribution in [2.75, 3.05) is 0 Å². The van der Waals surface area contributed by atoms with Gasteiger partial charge in [0, 0.05) is 12.5 Å². The van der Waals surface area contributed by atoms with Crippen molar-refractivity contribution in [2.24, 2.45) is 21.7 Å². The summed E-state index contributed by atoms with van der Waals surface area (Å²) in [5, 5.41) is 14.9. The molecule has 0 aliphatic carbocycles. The summed E-state index contributed by atoms with van der Waals surface area (Å²) < 4.78 is 5.31. The third-order valence-electron chi connectivity index (χ3n) is 2.06. The van der Waals surface area contributed by atoms with Gasteiger partial charge in [-0.15, -0.1) is 15.3 Å². The van der Waals surface area contributed by atoms with Crippen LogP contribution in [0.5, 0.6) is 0 Å². The van der Waals surface area contributed by atoms with Crippen LogP contribution in [0.3, 0.4) is 0 Å². The smallest absolute Gasteiger partial charge is 0.247 e. The molecule has 2 aromatic rings. The summed E-state index contributed by atoms with van der Waals surface area (Å²) in [5.74, 6) is 0.938. The van der Waals surface area contributed by atoms with Crippen LogP contribution in [-0.4, -0.2) is 22.4 Å². The lowest BCUT2D eigenvalue weighted by Gasteiger charge is -1.95. The van der Waals surface area contributed by atoms with E-state index in [0.717, 1.165) is 11.1 Å². The first-order valence-electron chi connectivity index (χ1n) is 5.17. The first-order valence-corrected chi connectivity index (χ1v) is 5.17. The lowest BCUT2D eigenvalue weighted by molar-refractivity contribution is 0.533. The van der Waals surface area contributed by atoms with E-state index in [-0.39, 0.29) is 5.96 Å². The molecule has 0 bridgehead atoms. The SMILES string of the molecule is Cc1nnc(-c2ccc(C=NN=C(N)N)cc2)o1. The van der Waals surface area contributed by atoms with Crippen molar-refractivity contribution < 1.29 is 4.42 Å². The number of aromatic nitrogens is 2. The molecular weight excluding hydrogens is 232 g/mol. The summed E-state index contributed by atoms with van der Waals surface area (Å²) in [6.07, 6.45) is 1.54. The minimum Gasteiger partial charge on any atom is -0.421 e. The van der Waals surface area contributed by atoms with Crippen LogP contribution in [0.25, 0.3) is 11.5 Å². The molecule has 0 amide bonds. The largest absolute Gasteiger partial charge is 0.421 e. The monoisotopic (exact) mass is 244 g/mol. The van der Waals surface area contributed by atoms with Gasteiger partial charge in [0.15, 0.2) is 0 Å². The summed E-state index contributed by atoms with van der Waals surface area (Å²) >= 11 is 0. The van der Waals surface area contributed by atoms with E-state index in [1.807, 2.05) is 24.3 Å². The molecular formula is C11H12N6O. The van der Waals surface area contributed by atoms with Crippen LogP contribution in [0.15, 0.2) is 38.9 Å². The molecule has 0 saturated heterocycles. The first kappa shape index (κ1) is 11.8. The van der Waals surface area contributed by atoms with Crippen LogP contribution >= 0.6 is 0 Å². The topological polar surface area (TPSA) is 116 Å². The van der Waals surface area contributed by atoms with Gasteiger partial charge in [0.1, 0.15) is 0 Å². The van der Waals surface area contributed by atoms with Gasteiger partial charge in [0.05, 0.1) is 6.21 Å². The lowest BCUT2D eigenvalue weighted by Crippen LogP contribution is -2.21. The van der Waals surface area contributed by atoms with Crippen LogP contribution in [0.2, 0.25) is 0 Å². The van der Waals surface area contributed by atoms with Gasteiger partial charge >= 0.3 is 0 Å². The Balaban J connectivity index is 2.15. The molecule has 92 valence electrons. The van der Waals surface area contributed by atoms with Gasteiger partial charge < -0.3 is 15.9 Å². The molecule has 1 aromatic carbocycles. The molecule has 18 heavy (non-hydrogen) atoms. The lowest BCUT2D eigenvalue weighted by atomic mass is 10.1. The third kappa shape index (κ3) is 2.91. The number of hydrogen-bond donors (Lipinski definition) is 2. The van der Waals surface area contributed by atoms with Gasteiger partial charge in [-0.1, -0.05) is 12.1 Å². The highest BCUT2D eigenvalue weighted by atomic mass is 16.4. The summed E-state index contributed by atoms with van der Waals surface area (Å²) in [4.78, 5) is 0. The normalized spacial score (nSPS) is 10.7. The number of rotatable bonds is 3. The zero-order chi connectivity index (χ0) is 13.0. The van der Waals surface area contributed by atoms with Crippen molar-refractivity contribution in [2.45, 2.75) is 6.92 Å². The van der Waals surface area contributed by atoms with Crippen molar-refractivity contribution in [3.05, 3.63) is 35.7 Å². The van der Waals surface area contributed by atoms with Gasteiger partial charge in [-0.25, -0.2) is 0 Å². The van der Waals surface area contributed by atoms with E-state index >= 15 is 0 Å². The van der Waals surface area contributed by atoms with Gasteiger partial charge in [0.2, 0.25) is 17.7 Å². The molecule has 0 fully saturated rings. The maximum absolute atomic E-state index is 5.31. The molecule has 0 aliphatic heterocycles. The summed E-state index contributed by atoms with van der Waals surface area (Å²) in [6, 6.07) is 7.40. The fraction of sp³-hybridized carbons (Fsp3) is 0.0909. The highest BCUT2D eigenvalue weighted by Crippen LogP contribution is 2.17. The Morgan fingerprint density at radius 1 is 1.22 bits per heavy atom. The maximum atomic E-state index is 5.31. The van der Waals surface area contributed by atoms with E-state index in [4.69, 9.17) is 15.9 Å². The zero-order valence-corrected chi connectivity index (χ0v) is 9.74. The second-order valence-corrected chi connectivity index (χ2v) is 3.52. The molecule has 0 atom stereocenters. The van der Waals surface area contributed by atoms with E-state index in [1.54, 1.807) is 13.1 Å². The predicted molar refractivity (Wildman–Crippen MR) is 67.9 cm³/mol. The third-order valence-corrected chi connectivity index (χ3v) is 2.06. The Morgan fingerprint density at radius 3 is 2.50 bits per heavy atom. The van der Waals surface area contributed by atoms with Gasteiger partial charge in [-0.3, -0.25) is 0 Å². The van der Waals surface area contributed by atoms with Crippen LogP contribution < -0.4 is 11.5 Å². The maximum Gasteiger partial charge on any atom is 0.247 e. The van der Waals surface area contributed by atoms with Gasteiger partial charge in [0.25, 0.3) is 0 Å². The standard InChI is InChI=1S/C11H12N6O/c1-7-15-16-10(18-7)9-4-2-8(3-5-9)6-14-17-11(12)13/h2-6H,1H3,(H4,12,13,17). The van der Waals surface area contributed by atoms with Crippen LogP contribution in [-0.2, 0) is 0 Å². The number of benzene rings is 1. The van der Waals surface area contributed by atoms with E-state index < -0.39 is 0 Å². The Morgan fingerprint density at radius 2 is 1.94 bits per heavy atom. The average Bonchev–Trinajstić information content (AvgIpc) is 2.76. The fourth-order valence-electron chi connectivity index (χ4n) is 1.29. The van der Waals surface area contributed by atoms with E-state index in [9.17, 15) is 0 Å². The predicted octanol–water partition coefficient (Wildman–Crippen LogP) is 0.652. The number of nitrogens with zero attached hydrogens (tertiary/aromatic N) is 4. The van der Waals surface area contributed by atoms with Crippen molar-refractivity contribution in [1.29, 1.82) is 0 Å². The molecule has 4 N–H and O–H groups in total. The van der Waals surface area contributed by atoms with Crippen molar-refractivity contribution >= 4 is 12.2 Å². The Hall–Kier alpha value is -2.70. The highest BCUT2D eigenvalue weighted by Gasteiger charge is 2.04. The highest BCUT2D eigenvalue weighted by molar-refractivity contribution is 5.82. The molecule has 0 saturated carbocycles. The minimum absolute atomic E-state index is 0.0794. The number of nitrogens with two attached hydrogens (primary N) is 2. The zero-order valence-electron chi connectivity index (χ0n) is 9.74. The van der Waals surface area contributed by atoms with Gasteiger partial charge in [-0.05, 0) is 17.7 Å². The number of guanidine groups is 1. The van der Waals surface area contributed by atoms with Crippen LogP contribution in [0.1, 0.15) is 11.5 Å².